The summed E-state index contributed by atoms with van der Waals surface area (Å²) < 4.78 is 18.9. The summed E-state index contributed by atoms with van der Waals surface area (Å²) in [6.07, 6.45) is 1.02. The number of halogens is 1. The number of nitrogens with one attached hydrogen (secondary N) is 1. The molecule has 20 heavy (non-hydrogen) atoms. The van der Waals surface area contributed by atoms with Crippen molar-refractivity contribution in [1.29, 1.82) is 0 Å². The largest absolute Gasteiger partial charge is 0.494 e. The molecule has 2 rings (SSSR count). The second kappa shape index (κ2) is 6.81. The molecule has 0 aliphatic rings. The lowest BCUT2D eigenvalue weighted by molar-refractivity contribution is 0.385. The van der Waals surface area contributed by atoms with Crippen LogP contribution in [0.4, 0.5) is 4.39 Å². The first-order valence-electron chi connectivity index (χ1n) is 6.64. The monoisotopic (exact) mass is 294 g/mol. The molecule has 3 nitrogen and oxygen atoms in total. The molecular formula is C15H19FN2OS. The first-order valence-corrected chi connectivity index (χ1v) is 7.52. The third kappa shape index (κ3) is 3.16. The Kier molecular flexibility index (Phi) is 5.09. The lowest BCUT2D eigenvalue weighted by Crippen LogP contribution is -2.23. The molecule has 2 aromatic rings. The number of benzene rings is 1. The smallest absolute Gasteiger partial charge is 0.165 e. The predicted octanol–water partition coefficient (Wildman–Crippen LogP) is 3.69. The van der Waals surface area contributed by atoms with Crippen molar-refractivity contribution in [2.45, 2.75) is 26.3 Å². The molecule has 0 spiro atoms. The van der Waals surface area contributed by atoms with Gasteiger partial charge in [0.25, 0.3) is 0 Å². The summed E-state index contributed by atoms with van der Waals surface area (Å²) in [6.45, 7) is 4.96. The van der Waals surface area contributed by atoms with Gasteiger partial charge >= 0.3 is 0 Å². The molecule has 1 atom stereocenters. The van der Waals surface area contributed by atoms with Crippen molar-refractivity contribution in [2.24, 2.45) is 0 Å². The molecule has 0 fully saturated rings. The average Bonchev–Trinajstić information content (AvgIpc) is 2.86. The Morgan fingerprint density at radius 3 is 2.80 bits per heavy atom. The highest BCUT2D eigenvalue weighted by atomic mass is 32.1. The number of aryl methyl sites for hydroxylation is 1. The van der Waals surface area contributed by atoms with Crippen LogP contribution in [0.25, 0.3) is 0 Å². The van der Waals surface area contributed by atoms with Crippen LogP contribution in [0.5, 0.6) is 5.75 Å². The molecule has 0 aliphatic heterocycles. The van der Waals surface area contributed by atoms with Crippen LogP contribution in [0.1, 0.15) is 35.5 Å². The summed E-state index contributed by atoms with van der Waals surface area (Å²) in [5.41, 5.74) is 3.70. The molecule has 108 valence electrons. The van der Waals surface area contributed by atoms with Gasteiger partial charge in [0.05, 0.1) is 24.4 Å². The van der Waals surface area contributed by atoms with Crippen LogP contribution in [-0.4, -0.2) is 18.6 Å². The van der Waals surface area contributed by atoms with Gasteiger partial charge < -0.3 is 10.1 Å². The van der Waals surface area contributed by atoms with Crippen LogP contribution in [0.2, 0.25) is 0 Å². The maximum Gasteiger partial charge on any atom is 0.165 e. The summed E-state index contributed by atoms with van der Waals surface area (Å²) in [4.78, 5) is 5.42. The number of aromatic nitrogens is 1. The van der Waals surface area contributed by atoms with Gasteiger partial charge in [-0.3, -0.25) is 0 Å². The van der Waals surface area contributed by atoms with Gasteiger partial charge in [-0.05, 0) is 37.6 Å². The van der Waals surface area contributed by atoms with E-state index in [1.165, 1.54) is 13.2 Å². The minimum Gasteiger partial charge on any atom is -0.494 e. The molecule has 0 bridgehead atoms. The maximum absolute atomic E-state index is 13.9. The molecule has 0 radical (unpaired) electrons. The Hall–Kier alpha value is -1.46. The average molecular weight is 294 g/mol. The van der Waals surface area contributed by atoms with Crippen LogP contribution in [0.15, 0.2) is 23.7 Å². The van der Waals surface area contributed by atoms with Gasteiger partial charge in [-0.1, -0.05) is 13.0 Å². The molecule has 5 heteroatoms. The molecule has 0 saturated carbocycles. The van der Waals surface area contributed by atoms with Crippen LogP contribution >= 0.6 is 11.3 Å². The van der Waals surface area contributed by atoms with E-state index in [0.717, 1.165) is 29.1 Å². The zero-order valence-corrected chi connectivity index (χ0v) is 12.8. The van der Waals surface area contributed by atoms with Crippen molar-refractivity contribution in [1.82, 2.24) is 10.3 Å². The van der Waals surface area contributed by atoms with Gasteiger partial charge in [0, 0.05) is 4.88 Å². The van der Waals surface area contributed by atoms with E-state index in [1.807, 2.05) is 18.5 Å². The summed E-state index contributed by atoms with van der Waals surface area (Å²) in [7, 11) is 1.47. The first-order chi connectivity index (χ1) is 9.67. The van der Waals surface area contributed by atoms with Crippen LogP contribution in [-0.2, 0) is 0 Å². The fourth-order valence-corrected chi connectivity index (χ4v) is 3.00. The maximum atomic E-state index is 13.9. The van der Waals surface area contributed by atoms with Crippen molar-refractivity contribution < 1.29 is 9.13 Å². The van der Waals surface area contributed by atoms with Gasteiger partial charge in [-0.2, -0.15) is 0 Å². The topological polar surface area (TPSA) is 34.1 Å². The van der Waals surface area contributed by atoms with E-state index in [-0.39, 0.29) is 17.6 Å². The Bertz CT molecular complexity index is 571. The van der Waals surface area contributed by atoms with Crippen molar-refractivity contribution >= 4 is 11.3 Å². The third-order valence-electron chi connectivity index (χ3n) is 3.15. The van der Waals surface area contributed by atoms with E-state index in [9.17, 15) is 4.39 Å². The summed E-state index contributed by atoms with van der Waals surface area (Å²) in [5.74, 6) is -0.0699. The van der Waals surface area contributed by atoms with Crippen molar-refractivity contribution in [3.8, 4) is 5.75 Å². The Morgan fingerprint density at radius 2 is 2.25 bits per heavy atom. The zero-order valence-electron chi connectivity index (χ0n) is 11.9. The van der Waals surface area contributed by atoms with Crippen LogP contribution in [0.3, 0.4) is 0 Å². The minimum absolute atomic E-state index is 0.0251. The number of methoxy groups -OCH3 is 1. The number of rotatable bonds is 6. The highest BCUT2D eigenvalue weighted by Crippen LogP contribution is 2.30. The fourth-order valence-electron chi connectivity index (χ4n) is 2.10. The van der Waals surface area contributed by atoms with Gasteiger partial charge in [-0.15, -0.1) is 11.3 Å². The number of hydrogen-bond acceptors (Lipinski definition) is 4. The normalized spacial score (nSPS) is 12.4. The predicted molar refractivity (Wildman–Crippen MR) is 79.9 cm³/mol. The van der Waals surface area contributed by atoms with Crippen LogP contribution in [0, 0.1) is 12.7 Å². The molecule has 0 saturated heterocycles. The Morgan fingerprint density at radius 1 is 1.45 bits per heavy atom. The van der Waals surface area contributed by atoms with Gasteiger partial charge in [-0.25, -0.2) is 9.37 Å². The van der Waals surface area contributed by atoms with E-state index in [2.05, 4.69) is 17.2 Å². The number of ether oxygens (including phenoxy) is 1. The lowest BCUT2D eigenvalue weighted by Gasteiger charge is -2.19. The van der Waals surface area contributed by atoms with E-state index < -0.39 is 0 Å². The summed E-state index contributed by atoms with van der Waals surface area (Å²) >= 11 is 1.59. The molecule has 0 aliphatic carbocycles. The third-order valence-corrected chi connectivity index (χ3v) is 4.15. The SMILES string of the molecule is CCCNC(c1ccc(OC)c(F)c1)c1scnc1C. The van der Waals surface area contributed by atoms with E-state index >= 15 is 0 Å². The van der Waals surface area contributed by atoms with Crippen LogP contribution < -0.4 is 10.1 Å². The molecule has 1 aromatic heterocycles. The molecule has 1 aromatic carbocycles. The number of nitrogens with zero attached hydrogens (tertiary/aromatic N) is 1. The quantitative estimate of drug-likeness (QED) is 0.882. The first kappa shape index (κ1) is 14.9. The van der Waals surface area contributed by atoms with Crippen molar-refractivity contribution in [2.75, 3.05) is 13.7 Å². The van der Waals surface area contributed by atoms with Gasteiger partial charge in [0.15, 0.2) is 11.6 Å². The molecular weight excluding hydrogens is 275 g/mol. The Balaban J connectivity index is 2.36. The molecule has 0 amide bonds. The minimum atomic E-state index is -0.338. The second-order valence-electron chi connectivity index (χ2n) is 4.58. The van der Waals surface area contributed by atoms with E-state index in [4.69, 9.17) is 4.74 Å². The second-order valence-corrected chi connectivity index (χ2v) is 5.47. The van der Waals surface area contributed by atoms with Crippen molar-refractivity contribution in [3.05, 3.63) is 45.7 Å². The van der Waals surface area contributed by atoms with Gasteiger partial charge in [0.2, 0.25) is 0 Å². The molecule has 1 N–H and O–H groups in total. The molecule has 1 heterocycles. The van der Waals surface area contributed by atoms with E-state index in [0.29, 0.717) is 0 Å². The van der Waals surface area contributed by atoms with Gasteiger partial charge in [0.1, 0.15) is 0 Å². The van der Waals surface area contributed by atoms with Crippen molar-refractivity contribution in [3.63, 3.8) is 0 Å². The lowest BCUT2D eigenvalue weighted by atomic mass is 10.0. The fraction of sp³-hybridized carbons (Fsp3) is 0.400. The Labute approximate surface area is 122 Å². The standard InChI is InChI=1S/C15H19FN2OS/c1-4-7-17-14(15-10(2)18-9-20-15)11-5-6-13(19-3)12(16)8-11/h5-6,8-9,14,17H,4,7H2,1-3H3. The summed E-state index contributed by atoms with van der Waals surface area (Å²) in [6, 6.07) is 5.07. The highest BCUT2D eigenvalue weighted by molar-refractivity contribution is 7.09. The number of thiazole rings is 1. The molecule has 1 unspecified atom stereocenters. The summed E-state index contributed by atoms with van der Waals surface area (Å²) in [5, 5.41) is 3.46. The van der Waals surface area contributed by atoms with E-state index in [1.54, 1.807) is 17.4 Å². The number of hydrogen-bond donors (Lipinski definition) is 1. The highest BCUT2D eigenvalue weighted by Gasteiger charge is 2.19. The zero-order chi connectivity index (χ0) is 14.5.